The topological polar surface area (TPSA) is 72.6 Å². The molecule has 1 aliphatic rings. The van der Waals surface area contributed by atoms with Crippen LogP contribution in [0.1, 0.15) is 65.1 Å². The van der Waals surface area contributed by atoms with Gasteiger partial charge in [-0.15, -0.1) is 0 Å². The Labute approximate surface area is 211 Å². The van der Waals surface area contributed by atoms with Crippen molar-refractivity contribution in [1.82, 2.24) is 0 Å². The molecular formula is C29H31ClN2O3. The average Bonchev–Trinajstić information content (AvgIpc) is 2.88. The Bertz CT molecular complexity index is 1160. The number of rotatable bonds is 8. The fourth-order valence-corrected chi connectivity index (χ4v) is 5.15. The summed E-state index contributed by atoms with van der Waals surface area (Å²) < 4.78 is 5.11. The summed E-state index contributed by atoms with van der Waals surface area (Å²) in [5.74, 6) is -1.84. The summed E-state index contributed by atoms with van der Waals surface area (Å²) in [7, 11) is 0. The quantitative estimate of drug-likeness (QED) is 0.398. The van der Waals surface area contributed by atoms with Crippen molar-refractivity contribution in [1.29, 1.82) is 0 Å². The molecule has 1 saturated heterocycles. The second kappa shape index (κ2) is 11.4. The standard InChI is InChI=1S/C29H31ClN2O3/c1-2-35-29(34)22-13-11-21(12-14-22)27(28(31)33)26(20-9-5-3-6-10-20)24-19-23(30)15-16-25(24)32-17-7-4-8-18-32/h3,5-6,9-16,19,26-27H,2,4,7-8,17-18H2,1H3,(H2,31,33). The van der Waals surface area contributed by atoms with Gasteiger partial charge in [-0.05, 0) is 73.2 Å². The molecule has 0 aromatic heterocycles. The van der Waals surface area contributed by atoms with E-state index in [2.05, 4.69) is 11.0 Å². The lowest BCUT2D eigenvalue weighted by molar-refractivity contribution is -0.119. The number of anilines is 1. The molecule has 5 nitrogen and oxygen atoms in total. The molecule has 1 heterocycles. The number of piperidine rings is 1. The Morgan fingerprint density at radius 3 is 2.26 bits per heavy atom. The SMILES string of the molecule is CCOC(=O)c1ccc(C(C(N)=O)C(c2ccccc2)c2cc(Cl)ccc2N2CCCCC2)cc1. The van der Waals surface area contributed by atoms with Crippen LogP contribution >= 0.6 is 11.6 Å². The van der Waals surface area contributed by atoms with E-state index in [1.54, 1.807) is 31.2 Å². The van der Waals surface area contributed by atoms with Gasteiger partial charge < -0.3 is 15.4 Å². The van der Waals surface area contributed by atoms with Crippen LogP contribution in [0.25, 0.3) is 0 Å². The van der Waals surface area contributed by atoms with Crippen molar-refractivity contribution in [2.24, 2.45) is 5.73 Å². The molecule has 3 aromatic rings. The Morgan fingerprint density at radius 1 is 0.943 bits per heavy atom. The van der Waals surface area contributed by atoms with Gasteiger partial charge in [0.2, 0.25) is 5.91 Å². The molecule has 0 spiro atoms. The summed E-state index contributed by atoms with van der Waals surface area (Å²) in [5, 5.41) is 0.613. The van der Waals surface area contributed by atoms with Gasteiger partial charge in [-0.3, -0.25) is 4.79 Å². The van der Waals surface area contributed by atoms with Crippen LogP contribution in [0.2, 0.25) is 5.02 Å². The van der Waals surface area contributed by atoms with Crippen LogP contribution < -0.4 is 10.6 Å². The molecule has 0 aliphatic carbocycles. The molecule has 0 bridgehead atoms. The number of halogens is 1. The summed E-state index contributed by atoms with van der Waals surface area (Å²) in [4.78, 5) is 27.6. The third-order valence-corrected chi connectivity index (χ3v) is 6.84. The average molecular weight is 491 g/mol. The van der Waals surface area contributed by atoms with E-state index in [9.17, 15) is 9.59 Å². The molecule has 0 radical (unpaired) electrons. The van der Waals surface area contributed by atoms with Gasteiger partial charge in [-0.2, -0.15) is 0 Å². The Balaban J connectivity index is 1.84. The van der Waals surface area contributed by atoms with Crippen LogP contribution in [-0.4, -0.2) is 31.6 Å². The minimum absolute atomic E-state index is 0.300. The van der Waals surface area contributed by atoms with E-state index >= 15 is 0 Å². The monoisotopic (exact) mass is 490 g/mol. The van der Waals surface area contributed by atoms with Gasteiger partial charge in [0.25, 0.3) is 0 Å². The number of carbonyl (C=O) groups is 2. The molecular weight excluding hydrogens is 460 g/mol. The largest absolute Gasteiger partial charge is 0.462 e. The van der Waals surface area contributed by atoms with Gasteiger partial charge in [0.1, 0.15) is 0 Å². The van der Waals surface area contributed by atoms with E-state index in [0.29, 0.717) is 17.2 Å². The molecule has 1 fully saturated rings. The van der Waals surface area contributed by atoms with Gasteiger partial charge in [0, 0.05) is 29.7 Å². The molecule has 0 saturated carbocycles. The van der Waals surface area contributed by atoms with E-state index in [4.69, 9.17) is 22.1 Å². The highest BCUT2D eigenvalue weighted by Gasteiger charge is 2.34. The number of nitrogens with two attached hydrogens (primary N) is 1. The van der Waals surface area contributed by atoms with Gasteiger partial charge >= 0.3 is 5.97 Å². The highest BCUT2D eigenvalue weighted by molar-refractivity contribution is 6.30. The molecule has 6 heteroatoms. The molecule has 182 valence electrons. The number of primary amides is 1. The van der Waals surface area contributed by atoms with Crippen LogP contribution in [0.3, 0.4) is 0 Å². The number of carbonyl (C=O) groups excluding carboxylic acids is 2. The first-order valence-corrected chi connectivity index (χ1v) is 12.5. The number of hydrogen-bond acceptors (Lipinski definition) is 4. The fourth-order valence-electron chi connectivity index (χ4n) is 4.97. The minimum Gasteiger partial charge on any atom is -0.462 e. The van der Waals surface area contributed by atoms with E-state index < -0.39 is 17.8 Å². The zero-order chi connectivity index (χ0) is 24.8. The lowest BCUT2D eigenvalue weighted by Crippen LogP contribution is -2.33. The highest BCUT2D eigenvalue weighted by atomic mass is 35.5. The number of nitrogens with zero attached hydrogens (tertiary/aromatic N) is 1. The molecule has 1 aliphatic heterocycles. The maximum atomic E-state index is 13.1. The van der Waals surface area contributed by atoms with Crippen molar-refractivity contribution >= 4 is 29.2 Å². The van der Waals surface area contributed by atoms with Crippen molar-refractivity contribution in [3.8, 4) is 0 Å². The zero-order valence-electron chi connectivity index (χ0n) is 20.0. The highest BCUT2D eigenvalue weighted by Crippen LogP contribution is 2.44. The van der Waals surface area contributed by atoms with Crippen LogP contribution in [0, 0.1) is 0 Å². The van der Waals surface area contributed by atoms with Crippen molar-refractivity contribution < 1.29 is 14.3 Å². The van der Waals surface area contributed by atoms with Gasteiger partial charge in [-0.1, -0.05) is 54.1 Å². The number of hydrogen-bond donors (Lipinski definition) is 1. The molecule has 3 aromatic carbocycles. The number of esters is 1. The fraction of sp³-hybridized carbons (Fsp3) is 0.310. The van der Waals surface area contributed by atoms with E-state index in [1.807, 2.05) is 42.5 Å². The molecule has 1 amide bonds. The third kappa shape index (κ3) is 5.68. The normalized spacial score (nSPS) is 15.3. The lowest BCUT2D eigenvalue weighted by atomic mass is 9.76. The third-order valence-electron chi connectivity index (χ3n) is 6.60. The second-order valence-electron chi connectivity index (χ2n) is 8.86. The first kappa shape index (κ1) is 24.8. The predicted molar refractivity (Wildman–Crippen MR) is 140 cm³/mol. The number of benzene rings is 3. The smallest absolute Gasteiger partial charge is 0.338 e. The molecule has 4 rings (SSSR count). The lowest BCUT2D eigenvalue weighted by Gasteiger charge is -2.35. The van der Waals surface area contributed by atoms with Gasteiger partial charge in [0.15, 0.2) is 0 Å². The first-order valence-electron chi connectivity index (χ1n) is 12.1. The Morgan fingerprint density at radius 2 is 1.63 bits per heavy atom. The van der Waals surface area contributed by atoms with Gasteiger partial charge in [-0.25, -0.2) is 4.79 Å². The first-order chi connectivity index (χ1) is 17.0. The Hall–Kier alpha value is -3.31. The van der Waals surface area contributed by atoms with Crippen LogP contribution in [0.4, 0.5) is 5.69 Å². The number of ether oxygens (including phenoxy) is 1. The summed E-state index contributed by atoms with van der Waals surface area (Å²) in [6.07, 6.45) is 3.48. The maximum absolute atomic E-state index is 13.1. The Kier molecular flexibility index (Phi) is 8.09. The van der Waals surface area contributed by atoms with Crippen molar-refractivity contribution in [3.05, 3.63) is 100 Å². The zero-order valence-corrected chi connectivity index (χ0v) is 20.7. The van der Waals surface area contributed by atoms with Gasteiger partial charge in [0.05, 0.1) is 18.1 Å². The van der Waals surface area contributed by atoms with Crippen molar-refractivity contribution in [2.45, 2.75) is 38.0 Å². The summed E-state index contributed by atoms with van der Waals surface area (Å²) in [6, 6.07) is 22.8. The molecule has 2 unspecified atom stereocenters. The summed E-state index contributed by atoms with van der Waals surface area (Å²) >= 11 is 6.52. The van der Waals surface area contributed by atoms with E-state index in [-0.39, 0.29) is 5.92 Å². The van der Waals surface area contributed by atoms with E-state index in [0.717, 1.165) is 48.3 Å². The number of amides is 1. The summed E-state index contributed by atoms with van der Waals surface area (Å²) in [6.45, 7) is 4.00. The van der Waals surface area contributed by atoms with E-state index in [1.165, 1.54) is 6.42 Å². The summed E-state index contributed by atoms with van der Waals surface area (Å²) in [5.41, 5.74) is 10.3. The molecule has 35 heavy (non-hydrogen) atoms. The van der Waals surface area contributed by atoms with Crippen molar-refractivity contribution in [2.75, 3.05) is 24.6 Å². The predicted octanol–water partition coefficient (Wildman–Crippen LogP) is 5.91. The van der Waals surface area contributed by atoms with Crippen LogP contribution in [0.5, 0.6) is 0 Å². The molecule has 2 atom stereocenters. The van der Waals surface area contributed by atoms with Crippen molar-refractivity contribution in [3.63, 3.8) is 0 Å². The minimum atomic E-state index is -0.657. The second-order valence-corrected chi connectivity index (χ2v) is 9.30. The van der Waals surface area contributed by atoms with Crippen LogP contribution in [0.15, 0.2) is 72.8 Å². The molecule has 2 N–H and O–H groups in total. The maximum Gasteiger partial charge on any atom is 0.338 e. The van der Waals surface area contributed by atoms with Crippen LogP contribution in [-0.2, 0) is 9.53 Å².